The van der Waals surface area contributed by atoms with E-state index in [1.165, 1.54) is 0 Å². The van der Waals surface area contributed by atoms with Crippen LogP contribution in [-0.4, -0.2) is 22.8 Å². The Kier molecular flexibility index (Phi) is 4.63. The zero-order chi connectivity index (χ0) is 14.5. The Hall–Kier alpha value is -2.01. The number of hydrogen-bond acceptors (Lipinski definition) is 3. The molecule has 20 heavy (non-hydrogen) atoms. The molecule has 1 amide bonds. The maximum atomic E-state index is 12.0. The highest BCUT2D eigenvalue weighted by molar-refractivity contribution is 6.33. The summed E-state index contributed by atoms with van der Waals surface area (Å²) in [5.74, 6) is 0.503. The maximum absolute atomic E-state index is 12.0. The molecule has 5 nitrogen and oxygen atoms in total. The molecular weight excluding hydrogens is 278 g/mol. The fourth-order valence-electron chi connectivity index (χ4n) is 1.72. The van der Waals surface area contributed by atoms with E-state index in [2.05, 4.69) is 10.4 Å². The Morgan fingerprint density at radius 1 is 1.40 bits per heavy atom. The number of carbonyl (C=O) groups excluding carboxylic acids is 1. The van der Waals surface area contributed by atoms with Gasteiger partial charge in [-0.15, -0.1) is 0 Å². The first-order valence-electron chi connectivity index (χ1n) is 6.28. The molecule has 106 valence electrons. The van der Waals surface area contributed by atoms with Crippen molar-refractivity contribution in [2.24, 2.45) is 0 Å². The summed E-state index contributed by atoms with van der Waals surface area (Å²) in [5.41, 5.74) is 1.23. The van der Waals surface area contributed by atoms with Crippen molar-refractivity contribution in [1.29, 1.82) is 0 Å². The first-order valence-corrected chi connectivity index (χ1v) is 6.66. The van der Waals surface area contributed by atoms with Crippen LogP contribution in [0.5, 0.6) is 5.75 Å². The van der Waals surface area contributed by atoms with Gasteiger partial charge in [-0.25, -0.2) is 0 Å². The Labute approximate surface area is 122 Å². The molecule has 0 aliphatic carbocycles. The predicted octanol–water partition coefficient (Wildman–Crippen LogP) is 2.50. The number of amides is 1. The van der Waals surface area contributed by atoms with Gasteiger partial charge in [-0.2, -0.15) is 5.10 Å². The van der Waals surface area contributed by atoms with Crippen molar-refractivity contribution >= 4 is 17.5 Å². The Morgan fingerprint density at radius 2 is 2.10 bits per heavy atom. The third-order valence-electron chi connectivity index (χ3n) is 2.87. The average Bonchev–Trinajstić information content (AvgIpc) is 2.86. The fourth-order valence-corrected chi connectivity index (χ4v) is 1.96. The summed E-state index contributed by atoms with van der Waals surface area (Å²) >= 11 is 5.98. The lowest BCUT2D eigenvalue weighted by Crippen LogP contribution is -2.23. The minimum absolute atomic E-state index is 0.252. The van der Waals surface area contributed by atoms with Gasteiger partial charge < -0.3 is 10.1 Å². The van der Waals surface area contributed by atoms with E-state index in [0.717, 1.165) is 11.3 Å². The normalized spacial score (nSPS) is 10.3. The van der Waals surface area contributed by atoms with Crippen molar-refractivity contribution in [2.45, 2.75) is 20.0 Å². The van der Waals surface area contributed by atoms with Gasteiger partial charge in [0.2, 0.25) is 0 Å². The van der Waals surface area contributed by atoms with Gasteiger partial charge in [-0.3, -0.25) is 9.48 Å². The molecule has 0 aliphatic rings. The van der Waals surface area contributed by atoms with Crippen LogP contribution < -0.4 is 10.1 Å². The molecule has 6 heteroatoms. The van der Waals surface area contributed by atoms with E-state index >= 15 is 0 Å². The van der Waals surface area contributed by atoms with Gasteiger partial charge in [0.25, 0.3) is 5.91 Å². The second kappa shape index (κ2) is 6.43. The first kappa shape index (κ1) is 14.4. The van der Waals surface area contributed by atoms with Crippen LogP contribution >= 0.6 is 11.6 Å². The molecule has 1 heterocycles. The largest absolute Gasteiger partial charge is 0.497 e. The molecule has 0 saturated heterocycles. The molecule has 1 aromatic carbocycles. The number of aryl methyl sites for hydroxylation is 1. The van der Waals surface area contributed by atoms with Crippen molar-refractivity contribution in [3.05, 3.63) is 46.7 Å². The molecule has 1 aromatic heterocycles. The molecule has 0 saturated carbocycles. The second-order valence-electron chi connectivity index (χ2n) is 4.21. The highest BCUT2D eigenvalue weighted by atomic mass is 35.5. The summed E-state index contributed by atoms with van der Waals surface area (Å²) in [6.07, 6.45) is 1.64. The molecule has 2 rings (SSSR count). The summed E-state index contributed by atoms with van der Waals surface area (Å²) in [4.78, 5) is 12.0. The standard InChI is InChI=1S/C14H16ClN3O2/c1-3-18-9-12(15)13(17-18)14(19)16-8-10-4-6-11(20-2)7-5-10/h4-7,9H,3,8H2,1-2H3,(H,16,19). The molecule has 0 bridgehead atoms. The Balaban J connectivity index is 1.98. The van der Waals surface area contributed by atoms with Gasteiger partial charge in [-0.1, -0.05) is 23.7 Å². The third kappa shape index (κ3) is 3.30. The van der Waals surface area contributed by atoms with E-state index in [1.54, 1.807) is 18.0 Å². The van der Waals surface area contributed by atoms with Crippen LogP contribution in [0.3, 0.4) is 0 Å². The van der Waals surface area contributed by atoms with E-state index in [4.69, 9.17) is 16.3 Å². The van der Waals surface area contributed by atoms with Crippen LogP contribution in [0.15, 0.2) is 30.5 Å². The number of halogens is 1. The van der Waals surface area contributed by atoms with Crippen LogP contribution in [0.4, 0.5) is 0 Å². The quantitative estimate of drug-likeness (QED) is 0.921. The molecule has 0 spiro atoms. The number of nitrogens with one attached hydrogen (secondary N) is 1. The molecular formula is C14H16ClN3O2. The molecule has 2 aromatic rings. The molecule has 0 radical (unpaired) electrons. The van der Waals surface area contributed by atoms with Gasteiger partial charge in [0.1, 0.15) is 5.75 Å². The number of ether oxygens (including phenoxy) is 1. The fraction of sp³-hybridized carbons (Fsp3) is 0.286. The molecule has 1 N–H and O–H groups in total. The number of aromatic nitrogens is 2. The lowest BCUT2D eigenvalue weighted by Gasteiger charge is -2.05. The highest BCUT2D eigenvalue weighted by Crippen LogP contribution is 2.14. The minimum Gasteiger partial charge on any atom is -0.497 e. The van der Waals surface area contributed by atoms with E-state index < -0.39 is 0 Å². The smallest absolute Gasteiger partial charge is 0.273 e. The van der Waals surface area contributed by atoms with E-state index in [-0.39, 0.29) is 11.6 Å². The number of carbonyl (C=O) groups is 1. The predicted molar refractivity (Wildman–Crippen MR) is 77.1 cm³/mol. The van der Waals surface area contributed by atoms with Crippen LogP contribution in [0.2, 0.25) is 5.02 Å². The summed E-state index contributed by atoms with van der Waals surface area (Å²) < 4.78 is 6.71. The first-order chi connectivity index (χ1) is 9.63. The number of hydrogen-bond donors (Lipinski definition) is 1. The molecule has 0 unspecified atom stereocenters. The number of rotatable bonds is 5. The summed E-state index contributed by atoms with van der Waals surface area (Å²) in [7, 11) is 1.61. The third-order valence-corrected chi connectivity index (χ3v) is 3.14. The number of nitrogens with zero attached hydrogens (tertiary/aromatic N) is 2. The lowest BCUT2D eigenvalue weighted by molar-refractivity contribution is 0.0945. The van der Waals surface area contributed by atoms with Crippen molar-refractivity contribution in [3.8, 4) is 5.75 Å². The highest BCUT2D eigenvalue weighted by Gasteiger charge is 2.14. The van der Waals surface area contributed by atoms with Crippen LogP contribution in [0, 0.1) is 0 Å². The summed E-state index contributed by atoms with van der Waals surface area (Å²) in [6.45, 7) is 3.02. The Morgan fingerprint density at radius 3 is 2.65 bits per heavy atom. The monoisotopic (exact) mass is 293 g/mol. The van der Waals surface area contributed by atoms with Crippen LogP contribution in [0.1, 0.15) is 23.0 Å². The SMILES string of the molecule is CCn1cc(Cl)c(C(=O)NCc2ccc(OC)cc2)n1. The topological polar surface area (TPSA) is 56.2 Å². The Bertz CT molecular complexity index is 593. The van der Waals surface area contributed by atoms with Gasteiger partial charge in [0.05, 0.1) is 12.1 Å². The lowest BCUT2D eigenvalue weighted by atomic mass is 10.2. The van der Waals surface area contributed by atoms with Gasteiger partial charge in [0, 0.05) is 19.3 Å². The zero-order valence-corrected chi connectivity index (χ0v) is 12.1. The average molecular weight is 294 g/mol. The number of methoxy groups -OCH3 is 1. The van der Waals surface area contributed by atoms with Crippen molar-refractivity contribution in [1.82, 2.24) is 15.1 Å². The van der Waals surface area contributed by atoms with Gasteiger partial charge >= 0.3 is 0 Å². The van der Waals surface area contributed by atoms with E-state index in [1.807, 2.05) is 31.2 Å². The van der Waals surface area contributed by atoms with Crippen molar-refractivity contribution in [3.63, 3.8) is 0 Å². The van der Waals surface area contributed by atoms with Crippen LogP contribution in [0.25, 0.3) is 0 Å². The minimum atomic E-state index is -0.280. The van der Waals surface area contributed by atoms with Crippen molar-refractivity contribution < 1.29 is 9.53 Å². The molecule has 0 atom stereocenters. The zero-order valence-electron chi connectivity index (χ0n) is 11.4. The maximum Gasteiger partial charge on any atom is 0.273 e. The second-order valence-corrected chi connectivity index (χ2v) is 4.62. The van der Waals surface area contributed by atoms with Gasteiger partial charge in [-0.05, 0) is 24.6 Å². The van der Waals surface area contributed by atoms with Crippen LogP contribution in [-0.2, 0) is 13.1 Å². The van der Waals surface area contributed by atoms with E-state index in [9.17, 15) is 4.79 Å². The molecule has 0 aliphatic heterocycles. The molecule has 0 fully saturated rings. The van der Waals surface area contributed by atoms with Gasteiger partial charge in [0.15, 0.2) is 5.69 Å². The van der Waals surface area contributed by atoms with Crippen molar-refractivity contribution in [2.75, 3.05) is 7.11 Å². The van der Waals surface area contributed by atoms with E-state index in [0.29, 0.717) is 18.1 Å². The number of benzene rings is 1. The summed E-state index contributed by atoms with van der Waals surface area (Å²) in [5, 5.41) is 7.27. The summed E-state index contributed by atoms with van der Waals surface area (Å²) in [6, 6.07) is 7.48.